The summed E-state index contributed by atoms with van der Waals surface area (Å²) in [5.74, 6) is -0.417. The molecule has 1 saturated heterocycles. The second kappa shape index (κ2) is 14.2. The number of aromatic nitrogens is 3. The number of ether oxygens (including phenoxy) is 1. The topological polar surface area (TPSA) is 89.3 Å². The summed E-state index contributed by atoms with van der Waals surface area (Å²) in [5, 5.41) is 6.67. The van der Waals surface area contributed by atoms with E-state index in [4.69, 9.17) is 9.84 Å². The molecule has 1 amide bonds. The van der Waals surface area contributed by atoms with E-state index in [1.54, 1.807) is 17.9 Å². The molecule has 3 heterocycles. The van der Waals surface area contributed by atoms with Crippen LogP contribution in [0.4, 0.5) is 13.2 Å². The Kier molecular flexibility index (Phi) is 10.1. The molecule has 1 N–H and O–H groups in total. The first-order chi connectivity index (χ1) is 21.6. The van der Waals surface area contributed by atoms with Crippen molar-refractivity contribution in [3.63, 3.8) is 0 Å². The first-order valence-corrected chi connectivity index (χ1v) is 14.9. The number of methoxy groups -OCH3 is 1. The van der Waals surface area contributed by atoms with E-state index in [1.807, 2.05) is 60.8 Å². The zero-order valence-electron chi connectivity index (χ0n) is 25.3. The van der Waals surface area contributed by atoms with Crippen LogP contribution in [0.2, 0.25) is 0 Å². The summed E-state index contributed by atoms with van der Waals surface area (Å²) < 4.78 is 44.7. The van der Waals surface area contributed by atoms with Crippen molar-refractivity contribution in [2.45, 2.75) is 31.9 Å². The average Bonchev–Trinajstić information content (AvgIpc) is 3.59. The number of para-hydroxylation sites is 1. The van der Waals surface area contributed by atoms with Gasteiger partial charge in [-0.05, 0) is 48.2 Å². The third-order valence-electron chi connectivity index (χ3n) is 8.17. The first kappa shape index (κ1) is 32.1. The Morgan fingerprint density at radius 2 is 1.71 bits per heavy atom. The molecule has 5 rings (SSSR count). The van der Waals surface area contributed by atoms with Crippen molar-refractivity contribution in [2.75, 3.05) is 39.9 Å². The third kappa shape index (κ3) is 8.03. The molecule has 2 aromatic carbocycles. The van der Waals surface area contributed by atoms with E-state index in [2.05, 4.69) is 22.0 Å². The number of amides is 1. The first-order valence-electron chi connectivity index (χ1n) is 14.9. The molecule has 0 saturated carbocycles. The minimum absolute atomic E-state index is 0.107. The molecular formula is C34H36F3N5O3. The minimum Gasteiger partial charge on any atom is -0.383 e. The van der Waals surface area contributed by atoms with Gasteiger partial charge in [-0.3, -0.25) is 14.6 Å². The second-order valence-corrected chi connectivity index (χ2v) is 11.3. The standard InChI is InChI=1S/C34H36F3N5O3/c1-23-31(18-28(43)17-26-20-41(15-16-45-2)21-29(26)24-9-5-3-6-10-24)42(27-11-7-4-8-12-27)40-32(23)25-13-14-30(38-19-25)33(44)39-22-34(35,36)37/h3-14,19,26,29H,15-18,20-22H2,1-2H3,(H,39,44)/t26-,29+/m1/s1. The fourth-order valence-corrected chi connectivity index (χ4v) is 5.93. The lowest BCUT2D eigenvalue weighted by atomic mass is 9.85. The lowest BCUT2D eigenvalue weighted by molar-refractivity contribution is -0.123. The number of Topliss-reactive ketones (excluding diaryl/α,β-unsaturated/α-hetero) is 1. The van der Waals surface area contributed by atoms with Gasteiger partial charge in [0, 0.05) is 57.3 Å². The van der Waals surface area contributed by atoms with Crippen molar-refractivity contribution in [1.29, 1.82) is 0 Å². The van der Waals surface area contributed by atoms with Gasteiger partial charge < -0.3 is 15.0 Å². The number of nitrogens with one attached hydrogen (secondary N) is 1. The van der Waals surface area contributed by atoms with Gasteiger partial charge in [0.05, 0.1) is 23.7 Å². The smallest absolute Gasteiger partial charge is 0.383 e. The van der Waals surface area contributed by atoms with E-state index >= 15 is 0 Å². The lowest BCUT2D eigenvalue weighted by Gasteiger charge is -2.18. The SMILES string of the molecule is COCCN1C[C@@H](CC(=O)Cc2c(C)c(-c3ccc(C(=O)NCC(F)(F)F)nc3)nn2-c2ccccc2)[C@H](c2ccccc2)C1. The Bertz CT molecular complexity index is 1590. The number of rotatable bonds is 12. The van der Waals surface area contributed by atoms with E-state index in [1.165, 1.54) is 17.8 Å². The highest BCUT2D eigenvalue weighted by Crippen LogP contribution is 2.36. The monoisotopic (exact) mass is 619 g/mol. The minimum atomic E-state index is -4.52. The van der Waals surface area contributed by atoms with Gasteiger partial charge in [0.15, 0.2) is 0 Å². The fraction of sp³-hybridized carbons (Fsp3) is 0.353. The molecule has 0 unspecified atom stereocenters. The van der Waals surface area contributed by atoms with Crippen LogP contribution in [0.5, 0.6) is 0 Å². The van der Waals surface area contributed by atoms with Crippen molar-refractivity contribution >= 4 is 11.7 Å². The van der Waals surface area contributed by atoms with Gasteiger partial charge in [-0.15, -0.1) is 0 Å². The summed E-state index contributed by atoms with van der Waals surface area (Å²) >= 11 is 0. The highest BCUT2D eigenvalue weighted by molar-refractivity contribution is 5.92. The number of likely N-dealkylation sites (tertiary alicyclic amines) is 1. The highest BCUT2D eigenvalue weighted by atomic mass is 19.4. The molecule has 11 heteroatoms. The maximum atomic E-state index is 13.8. The largest absolute Gasteiger partial charge is 0.405 e. The summed E-state index contributed by atoms with van der Waals surface area (Å²) in [6, 6.07) is 22.8. The average molecular weight is 620 g/mol. The predicted molar refractivity (Wildman–Crippen MR) is 164 cm³/mol. The fourth-order valence-electron chi connectivity index (χ4n) is 5.93. The lowest BCUT2D eigenvalue weighted by Crippen LogP contribution is -2.34. The maximum Gasteiger partial charge on any atom is 0.405 e. The van der Waals surface area contributed by atoms with Gasteiger partial charge in [-0.25, -0.2) is 4.68 Å². The molecule has 1 aliphatic heterocycles. The van der Waals surface area contributed by atoms with E-state index < -0.39 is 18.6 Å². The molecule has 8 nitrogen and oxygen atoms in total. The molecule has 45 heavy (non-hydrogen) atoms. The van der Waals surface area contributed by atoms with E-state index in [0.717, 1.165) is 36.6 Å². The van der Waals surface area contributed by atoms with Gasteiger partial charge >= 0.3 is 6.18 Å². The van der Waals surface area contributed by atoms with Gasteiger partial charge in [0.25, 0.3) is 5.91 Å². The summed E-state index contributed by atoms with van der Waals surface area (Å²) in [7, 11) is 1.69. The number of carbonyl (C=O) groups excluding carboxylic acids is 2. The third-order valence-corrected chi connectivity index (χ3v) is 8.17. The van der Waals surface area contributed by atoms with Crippen molar-refractivity contribution in [1.82, 2.24) is 25.0 Å². The molecule has 0 aliphatic carbocycles. The van der Waals surface area contributed by atoms with E-state index in [-0.39, 0.29) is 29.7 Å². The number of alkyl halides is 3. The molecule has 1 fully saturated rings. The molecule has 1 aliphatic rings. The molecule has 2 atom stereocenters. The van der Waals surface area contributed by atoms with Crippen molar-refractivity contribution < 1.29 is 27.5 Å². The number of nitrogens with zero attached hydrogens (tertiary/aromatic N) is 4. The molecule has 0 bridgehead atoms. The second-order valence-electron chi connectivity index (χ2n) is 11.3. The summed E-state index contributed by atoms with van der Waals surface area (Å²) in [6.45, 7) is 3.58. The number of hydrogen-bond donors (Lipinski definition) is 1. The van der Waals surface area contributed by atoms with Crippen LogP contribution in [0.25, 0.3) is 16.9 Å². The molecular weight excluding hydrogens is 583 g/mol. The number of halogens is 3. The molecule has 2 aromatic heterocycles. The zero-order valence-corrected chi connectivity index (χ0v) is 25.3. The maximum absolute atomic E-state index is 13.8. The Labute approximate surface area is 260 Å². The summed E-state index contributed by atoms with van der Waals surface area (Å²) in [4.78, 5) is 32.4. The summed E-state index contributed by atoms with van der Waals surface area (Å²) in [5.41, 5.74) is 4.57. The molecule has 4 aromatic rings. The van der Waals surface area contributed by atoms with Gasteiger partial charge in [-0.1, -0.05) is 48.5 Å². The van der Waals surface area contributed by atoms with Crippen molar-refractivity contribution in [3.8, 4) is 16.9 Å². The van der Waals surface area contributed by atoms with E-state index in [9.17, 15) is 22.8 Å². The van der Waals surface area contributed by atoms with Gasteiger partial charge in [-0.2, -0.15) is 18.3 Å². The Morgan fingerprint density at radius 1 is 1.00 bits per heavy atom. The number of ketones is 1. The van der Waals surface area contributed by atoms with Crippen molar-refractivity contribution in [2.24, 2.45) is 5.92 Å². The molecule has 236 valence electrons. The Balaban J connectivity index is 1.38. The quantitative estimate of drug-likeness (QED) is 0.229. The van der Waals surface area contributed by atoms with Crippen molar-refractivity contribution in [3.05, 3.63) is 102 Å². The Morgan fingerprint density at radius 3 is 2.36 bits per heavy atom. The number of hydrogen-bond acceptors (Lipinski definition) is 6. The molecule has 0 radical (unpaired) electrons. The number of benzene rings is 2. The van der Waals surface area contributed by atoms with Crippen LogP contribution in [0.15, 0.2) is 79.0 Å². The highest BCUT2D eigenvalue weighted by Gasteiger charge is 2.35. The predicted octanol–water partition coefficient (Wildman–Crippen LogP) is 5.40. The van der Waals surface area contributed by atoms with Gasteiger partial charge in [0.2, 0.25) is 0 Å². The van der Waals surface area contributed by atoms with Crippen LogP contribution in [0, 0.1) is 12.8 Å². The van der Waals surface area contributed by atoms with Crippen LogP contribution in [0.3, 0.4) is 0 Å². The van der Waals surface area contributed by atoms with Crippen LogP contribution < -0.4 is 5.32 Å². The van der Waals surface area contributed by atoms with E-state index in [0.29, 0.717) is 24.3 Å². The normalized spacial score (nSPS) is 17.0. The van der Waals surface area contributed by atoms with Gasteiger partial charge in [0.1, 0.15) is 18.0 Å². The Hall–Kier alpha value is -4.35. The molecule has 0 spiro atoms. The number of carbonyl (C=O) groups is 2. The van der Waals surface area contributed by atoms with Crippen LogP contribution >= 0.6 is 0 Å². The zero-order chi connectivity index (χ0) is 32.0. The van der Waals surface area contributed by atoms with Crippen LogP contribution in [-0.4, -0.2) is 77.4 Å². The number of pyridine rings is 1. The summed E-state index contributed by atoms with van der Waals surface area (Å²) in [6.07, 6.45) is -2.51. The van der Waals surface area contributed by atoms with Crippen LogP contribution in [0.1, 0.15) is 39.6 Å². The van der Waals surface area contributed by atoms with Crippen LogP contribution in [-0.2, 0) is 16.0 Å².